The summed E-state index contributed by atoms with van der Waals surface area (Å²) in [7, 11) is -3.20. The fourth-order valence-electron chi connectivity index (χ4n) is 2.46. The van der Waals surface area contributed by atoms with Crippen LogP contribution in [0.15, 0.2) is 5.38 Å². The molecule has 24 heavy (non-hydrogen) atoms. The van der Waals surface area contributed by atoms with E-state index >= 15 is 0 Å². The van der Waals surface area contributed by atoms with Gasteiger partial charge in [0.15, 0.2) is 5.13 Å². The average Bonchev–Trinajstić information content (AvgIpc) is 2.93. The lowest BCUT2D eigenvalue weighted by molar-refractivity contribution is -0.142. The summed E-state index contributed by atoms with van der Waals surface area (Å²) in [5.41, 5.74) is 0.556. The molecule has 10 heteroatoms. The normalized spacial score (nSPS) is 16.8. The van der Waals surface area contributed by atoms with Crippen LogP contribution in [0, 0.1) is 5.92 Å². The van der Waals surface area contributed by atoms with E-state index < -0.39 is 10.0 Å². The number of hydrogen-bond donors (Lipinski definition) is 1. The van der Waals surface area contributed by atoms with Crippen molar-refractivity contribution in [3.8, 4) is 0 Å². The van der Waals surface area contributed by atoms with Gasteiger partial charge < -0.3 is 10.1 Å². The lowest BCUT2D eigenvalue weighted by atomic mass is 9.97. The van der Waals surface area contributed by atoms with Crippen LogP contribution in [0.3, 0.4) is 0 Å². The van der Waals surface area contributed by atoms with Crippen molar-refractivity contribution in [3.05, 3.63) is 11.1 Å². The number of carbonyl (C=O) groups is 2. The molecular formula is C14H21N3O5S2. The summed E-state index contributed by atoms with van der Waals surface area (Å²) in [6.07, 6.45) is 2.22. The maximum atomic E-state index is 12.3. The number of anilines is 1. The molecule has 0 aliphatic carbocycles. The van der Waals surface area contributed by atoms with Crippen molar-refractivity contribution in [2.24, 2.45) is 5.92 Å². The van der Waals surface area contributed by atoms with Crippen LogP contribution in [0.2, 0.25) is 0 Å². The van der Waals surface area contributed by atoms with E-state index in [1.54, 1.807) is 12.3 Å². The summed E-state index contributed by atoms with van der Waals surface area (Å²) >= 11 is 1.25. The van der Waals surface area contributed by atoms with E-state index in [0.717, 1.165) is 0 Å². The largest absolute Gasteiger partial charge is 0.466 e. The van der Waals surface area contributed by atoms with E-state index in [2.05, 4.69) is 10.3 Å². The minimum Gasteiger partial charge on any atom is -0.466 e. The van der Waals surface area contributed by atoms with Crippen molar-refractivity contribution in [2.45, 2.75) is 26.2 Å². The Bertz CT molecular complexity index is 693. The summed E-state index contributed by atoms with van der Waals surface area (Å²) < 4.78 is 29.2. The molecule has 1 saturated heterocycles. The van der Waals surface area contributed by atoms with Gasteiger partial charge in [-0.1, -0.05) is 0 Å². The number of aromatic nitrogens is 1. The van der Waals surface area contributed by atoms with E-state index in [-0.39, 0.29) is 24.2 Å². The van der Waals surface area contributed by atoms with Gasteiger partial charge in [0, 0.05) is 24.4 Å². The number of hydrogen-bond acceptors (Lipinski definition) is 7. The maximum Gasteiger partial charge on any atom is 0.311 e. The molecule has 0 unspecified atom stereocenters. The molecule has 2 heterocycles. The molecule has 134 valence electrons. The Balaban J connectivity index is 1.85. The molecule has 2 rings (SSSR count). The minimum atomic E-state index is -3.20. The van der Waals surface area contributed by atoms with E-state index in [9.17, 15) is 18.0 Å². The monoisotopic (exact) mass is 375 g/mol. The third kappa shape index (κ3) is 5.25. The van der Waals surface area contributed by atoms with Crippen LogP contribution >= 0.6 is 11.3 Å². The zero-order chi connectivity index (χ0) is 17.7. The molecular weight excluding hydrogens is 354 g/mol. The van der Waals surface area contributed by atoms with Crippen LogP contribution < -0.4 is 5.32 Å². The fourth-order valence-corrected chi connectivity index (χ4v) is 4.05. The van der Waals surface area contributed by atoms with Crippen LogP contribution in [0.5, 0.6) is 0 Å². The number of esters is 1. The van der Waals surface area contributed by atoms with E-state index in [1.165, 1.54) is 21.9 Å². The van der Waals surface area contributed by atoms with Gasteiger partial charge in [-0.05, 0) is 19.8 Å². The molecule has 8 nitrogen and oxygen atoms in total. The Kier molecular flexibility index (Phi) is 6.30. The first-order valence-electron chi connectivity index (χ1n) is 7.65. The number of rotatable bonds is 6. The van der Waals surface area contributed by atoms with Crippen molar-refractivity contribution in [1.29, 1.82) is 0 Å². The molecule has 1 aliphatic heterocycles. The lowest BCUT2D eigenvalue weighted by Crippen LogP contribution is -2.40. The Morgan fingerprint density at radius 3 is 2.67 bits per heavy atom. The number of thiazole rings is 1. The number of nitrogens with one attached hydrogen (secondary N) is 1. The Morgan fingerprint density at radius 1 is 1.42 bits per heavy atom. The Labute approximate surface area is 145 Å². The predicted molar refractivity (Wildman–Crippen MR) is 90.2 cm³/mol. The summed E-state index contributed by atoms with van der Waals surface area (Å²) in [4.78, 5) is 27.9. The van der Waals surface area contributed by atoms with E-state index in [1.807, 2.05) is 0 Å². The second-order valence-electron chi connectivity index (χ2n) is 5.55. The molecule has 1 amide bonds. The number of piperidine rings is 1. The molecule has 0 saturated carbocycles. The van der Waals surface area contributed by atoms with E-state index in [0.29, 0.717) is 43.4 Å². The maximum absolute atomic E-state index is 12.3. The van der Waals surface area contributed by atoms with Crippen molar-refractivity contribution in [2.75, 3.05) is 31.3 Å². The van der Waals surface area contributed by atoms with Gasteiger partial charge in [-0.25, -0.2) is 17.7 Å². The summed E-state index contributed by atoms with van der Waals surface area (Å²) in [5, 5.41) is 4.88. The molecule has 1 aliphatic rings. The van der Waals surface area contributed by atoms with Gasteiger partial charge in [-0.15, -0.1) is 11.3 Å². The first-order valence-corrected chi connectivity index (χ1v) is 10.4. The zero-order valence-corrected chi connectivity index (χ0v) is 15.3. The van der Waals surface area contributed by atoms with Crippen molar-refractivity contribution in [1.82, 2.24) is 9.29 Å². The summed E-state index contributed by atoms with van der Waals surface area (Å²) in [5.74, 6) is -0.755. The molecule has 1 fully saturated rings. The smallest absolute Gasteiger partial charge is 0.311 e. The number of carbonyl (C=O) groups excluding carboxylic acids is 2. The predicted octanol–water partition coefficient (Wildman–Crippen LogP) is 0.859. The first-order chi connectivity index (χ1) is 11.3. The van der Waals surface area contributed by atoms with Gasteiger partial charge >= 0.3 is 5.97 Å². The van der Waals surface area contributed by atoms with Crippen LogP contribution in [-0.2, 0) is 30.8 Å². The average molecular weight is 375 g/mol. The quantitative estimate of drug-likeness (QED) is 0.739. The highest BCUT2D eigenvalue weighted by Gasteiger charge is 2.29. The van der Waals surface area contributed by atoms with Gasteiger partial charge in [-0.2, -0.15) is 0 Å². The van der Waals surface area contributed by atoms with Crippen LogP contribution in [-0.4, -0.2) is 55.5 Å². The standard InChI is InChI=1S/C14H21N3O5S2/c1-3-22-12(18)8-11-9-23-14(15-11)16-13(19)10-4-6-17(7-5-10)24(2,20)21/h9-10H,3-8H2,1-2H3,(H,15,16,19). The second-order valence-corrected chi connectivity index (χ2v) is 8.39. The number of ether oxygens (including phenoxy) is 1. The Morgan fingerprint density at radius 2 is 2.08 bits per heavy atom. The molecule has 0 bridgehead atoms. The highest BCUT2D eigenvalue weighted by molar-refractivity contribution is 7.88. The molecule has 1 aromatic rings. The first kappa shape index (κ1) is 18.8. The Hall–Kier alpha value is -1.52. The third-order valence-electron chi connectivity index (χ3n) is 3.71. The van der Waals surface area contributed by atoms with Crippen molar-refractivity contribution in [3.63, 3.8) is 0 Å². The third-order valence-corrected chi connectivity index (χ3v) is 5.82. The van der Waals surface area contributed by atoms with Gasteiger partial charge in [0.05, 0.1) is 25.0 Å². The number of sulfonamides is 1. The van der Waals surface area contributed by atoms with E-state index in [4.69, 9.17) is 4.74 Å². The number of amides is 1. The van der Waals surface area contributed by atoms with Crippen LogP contribution in [0.1, 0.15) is 25.5 Å². The molecule has 0 atom stereocenters. The van der Waals surface area contributed by atoms with Gasteiger partial charge in [-0.3, -0.25) is 9.59 Å². The zero-order valence-electron chi connectivity index (χ0n) is 13.6. The van der Waals surface area contributed by atoms with Gasteiger partial charge in [0.2, 0.25) is 15.9 Å². The summed E-state index contributed by atoms with van der Waals surface area (Å²) in [6, 6.07) is 0. The van der Waals surface area contributed by atoms with Crippen molar-refractivity contribution < 1.29 is 22.7 Å². The highest BCUT2D eigenvalue weighted by Crippen LogP contribution is 2.22. The molecule has 0 spiro atoms. The fraction of sp³-hybridized carbons (Fsp3) is 0.643. The number of nitrogens with zero attached hydrogens (tertiary/aromatic N) is 2. The topological polar surface area (TPSA) is 106 Å². The summed E-state index contributed by atoms with van der Waals surface area (Å²) in [6.45, 7) is 2.75. The van der Waals surface area contributed by atoms with Crippen LogP contribution in [0.4, 0.5) is 5.13 Å². The molecule has 0 aromatic carbocycles. The molecule has 1 N–H and O–H groups in total. The van der Waals surface area contributed by atoms with Crippen LogP contribution in [0.25, 0.3) is 0 Å². The SMILES string of the molecule is CCOC(=O)Cc1csc(NC(=O)C2CCN(S(C)(=O)=O)CC2)n1. The second kappa shape index (κ2) is 8.04. The minimum absolute atomic E-state index is 0.0763. The van der Waals surface area contributed by atoms with Crippen molar-refractivity contribution >= 4 is 38.4 Å². The molecule has 0 radical (unpaired) electrons. The molecule has 1 aromatic heterocycles. The lowest BCUT2D eigenvalue weighted by Gasteiger charge is -2.29. The van der Waals surface area contributed by atoms with Gasteiger partial charge in [0.25, 0.3) is 0 Å². The van der Waals surface area contributed by atoms with Gasteiger partial charge in [0.1, 0.15) is 0 Å². The highest BCUT2D eigenvalue weighted by atomic mass is 32.2.